The number of ether oxygens (including phenoxy) is 3. The van der Waals surface area contributed by atoms with Crippen LogP contribution < -0.4 is 15.2 Å². The smallest absolute Gasteiger partial charge is 0.306 e. The van der Waals surface area contributed by atoms with Gasteiger partial charge in [-0.25, -0.2) is 0 Å². The minimum absolute atomic E-state index is 0.234. The van der Waals surface area contributed by atoms with Crippen molar-refractivity contribution in [2.45, 2.75) is 19.4 Å². The molecule has 0 fully saturated rings. The fourth-order valence-corrected chi connectivity index (χ4v) is 2.01. The topological polar surface area (TPSA) is 70.8 Å². The predicted octanol–water partition coefficient (Wildman–Crippen LogP) is 3.18. The normalized spacial score (nSPS) is 10.1. The van der Waals surface area contributed by atoms with E-state index in [9.17, 15) is 4.79 Å². The van der Waals surface area contributed by atoms with Crippen LogP contribution in [0.1, 0.15) is 18.4 Å². The van der Waals surface area contributed by atoms with Crippen LogP contribution in [-0.2, 0) is 16.1 Å². The van der Waals surface area contributed by atoms with Crippen molar-refractivity contribution in [1.29, 1.82) is 0 Å². The van der Waals surface area contributed by atoms with Crippen LogP contribution in [0.15, 0.2) is 48.5 Å². The summed E-state index contributed by atoms with van der Waals surface area (Å²) < 4.78 is 15.9. The molecule has 0 aromatic heterocycles. The molecule has 0 heterocycles. The van der Waals surface area contributed by atoms with Gasteiger partial charge in [-0.2, -0.15) is 0 Å². The second-order valence-corrected chi connectivity index (χ2v) is 5.04. The maximum absolute atomic E-state index is 11.7. The molecule has 0 aliphatic rings. The van der Waals surface area contributed by atoms with Crippen molar-refractivity contribution in [2.24, 2.45) is 0 Å². The second-order valence-electron chi connectivity index (χ2n) is 5.04. The van der Waals surface area contributed by atoms with E-state index in [1.54, 1.807) is 25.3 Å². The number of esters is 1. The maximum Gasteiger partial charge on any atom is 0.306 e. The standard InChI is InChI=1S/C18H21NO4/c1-21-16-10-15(19)11-17(12-16)22-9-5-8-18(20)23-13-14-6-3-2-4-7-14/h2-4,6-7,10-12H,5,8-9,13,19H2,1H3. The highest BCUT2D eigenvalue weighted by molar-refractivity contribution is 5.69. The largest absolute Gasteiger partial charge is 0.497 e. The molecule has 0 aliphatic carbocycles. The second kappa shape index (κ2) is 8.68. The van der Waals surface area contributed by atoms with Crippen molar-refractivity contribution in [3.05, 3.63) is 54.1 Å². The van der Waals surface area contributed by atoms with Crippen molar-refractivity contribution in [1.82, 2.24) is 0 Å². The van der Waals surface area contributed by atoms with Crippen LogP contribution in [0.4, 0.5) is 5.69 Å². The van der Waals surface area contributed by atoms with Crippen LogP contribution in [0.2, 0.25) is 0 Å². The van der Waals surface area contributed by atoms with Crippen molar-refractivity contribution < 1.29 is 19.0 Å². The molecule has 0 atom stereocenters. The van der Waals surface area contributed by atoms with Gasteiger partial charge in [0.15, 0.2) is 0 Å². The molecule has 0 saturated carbocycles. The maximum atomic E-state index is 11.7. The first-order valence-electron chi connectivity index (χ1n) is 7.44. The Bertz CT molecular complexity index is 628. The molecule has 2 N–H and O–H groups in total. The summed E-state index contributed by atoms with van der Waals surface area (Å²) in [5.74, 6) is 1.03. The van der Waals surface area contributed by atoms with Gasteiger partial charge in [-0.05, 0) is 12.0 Å². The third-order valence-corrected chi connectivity index (χ3v) is 3.17. The molecule has 2 aromatic rings. The van der Waals surface area contributed by atoms with Gasteiger partial charge in [0, 0.05) is 30.3 Å². The molecule has 0 bridgehead atoms. The van der Waals surface area contributed by atoms with Crippen LogP contribution in [0.5, 0.6) is 11.5 Å². The lowest BCUT2D eigenvalue weighted by molar-refractivity contribution is -0.145. The van der Waals surface area contributed by atoms with Gasteiger partial charge in [-0.1, -0.05) is 30.3 Å². The number of carbonyl (C=O) groups is 1. The highest BCUT2D eigenvalue weighted by atomic mass is 16.5. The first-order chi connectivity index (χ1) is 11.2. The van der Waals surface area contributed by atoms with E-state index < -0.39 is 0 Å². The van der Waals surface area contributed by atoms with Crippen LogP contribution in [0, 0.1) is 0 Å². The predicted molar refractivity (Wildman–Crippen MR) is 88.4 cm³/mol. The van der Waals surface area contributed by atoms with Crippen LogP contribution >= 0.6 is 0 Å². The zero-order chi connectivity index (χ0) is 16.5. The van der Waals surface area contributed by atoms with Gasteiger partial charge in [0.1, 0.15) is 18.1 Å². The number of benzene rings is 2. The zero-order valence-corrected chi connectivity index (χ0v) is 13.2. The van der Waals surface area contributed by atoms with Crippen molar-refractivity contribution in [3.8, 4) is 11.5 Å². The number of hydrogen-bond donors (Lipinski definition) is 1. The van der Waals surface area contributed by atoms with E-state index in [1.807, 2.05) is 30.3 Å². The van der Waals surface area contributed by atoms with Crippen molar-refractivity contribution in [3.63, 3.8) is 0 Å². The summed E-state index contributed by atoms with van der Waals surface area (Å²) in [6, 6.07) is 14.8. The first-order valence-corrected chi connectivity index (χ1v) is 7.44. The number of nitrogen functional groups attached to an aromatic ring is 1. The number of rotatable bonds is 8. The van der Waals surface area contributed by atoms with Gasteiger partial charge in [0.05, 0.1) is 13.7 Å². The number of carbonyl (C=O) groups excluding carboxylic acids is 1. The fraction of sp³-hybridized carbons (Fsp3) is 0.278. The lowest BCUT2D eigenvalue weighted by atomic mass is 10.2. The van der Waals surface area contributed by atoms with E-state index >= 15 is 0 Å². The Balaban J connectivity index is 1.67. The Morgan fingerprint density at radius 3 is 2.57 bits per heavy atom. The van der Waals surface area contributed by atoms with E-state index in [4.69, 9.17) is 19.9 Å². The molecular weight excluding hydrogens is 294 g/mol. The van der Waals surface area contributed by atoms with Crippen LogP contribution in [0.25, 0.3) is 0 Å². The van der Waals surface area contributed by atoms with E-state index in [-0.39, 0.29) is 5.97 Å². The number of hydrogen-bond acceptors (Lipinski definition) is 5. The zero-order valence-electron chi connectivity index (χ0n) is 13.2. The molecule has 23 heavy (non-hydrogen) atoms. The summed E-state index contributed by atoms with van der Waals surface area (Å²) in [5.41, 5.74) is 7.29. The summed E-state index contributed by atoms with van der Waals surface area (Å²) in [4.78, 5) is 11.7. The fourth-order valence-electron chi connectivity index (χ4n) is 2.01. The molecule has 0 amide bonds. The average molecular weight is 315 g/mol. The summed E-state index contributed by atoms with van der Waals surface area (Å²) >= 11 is 0. The molecule has 0 radical (unpaired) electrons. The minimum atomic E-state index is -0.234. The molecule has 0 aliphatic heterocycles. The first kappa shape index (κ1) is 16.7. The van der Waals surface area contributed by atoms with Gasteiger partial charge in [-0.3, -0.25) is 4.79 Å². The highest BCUT2D eigenvalue weighted by Crippen LogP contribution is 2.24. The molecule has 5 nitrogen and oxygen atoms in total. The van der Waals surface area contributed by atoms with E-state index in [1.165, 1.54) is 0 Å². The number of anilines is 1. The van der Waals surface area contributed by atoms with Gasteiger partial charge < -0.3 is 19.9 Å². The molecule has 5 heteroatoms. The van der Waals surface area contributed by atoms with Crippen LogP contribution in [-0.4, -0.2) is 19.7 Å². The highest BCUT2D eigenvalue weighted by Gasteiger charge is 2.05. The van der Waals surface area contributed by atoms with Gasteiger partial charge in [0.25, 0.3) is 0 Å². The van der Waals surface area contributed by atoms with E-state index in [2.05, 4.69) is 0 Å². The van der Waals surface area contributed by atoms with Gasteiger partial charge >= 0.3 is 5.97 Å². The Labute approximate surface area is 136 Å². The summed E-state index contributed by atoms with van der Waals surface area (Å²) in [5, 5.41) is 0. The summed E-state index contributed by atoms with van der Waals surface area (Å²) in [7, 11) is 1.57. The Kier molecular flexibility index (Phi) is 6.29. The Hall–Kier alpha value is -2.69. The van der Waals surface area contributed by atoms with Crippen LogP contribution in [0.3, 0.4) is 0 Å². The van der Waals surface area contributed by atoms with Crippen molar-refractivity contribution in [2.75, 3.05) is 19.5 Å². The number of methoxy groups -OCH3 is 1. The van der Waals surface area contributed by atoms with Crippen molar-refractivity contribution >= 4 is 11.7 Å². The lowest BCUT2D eigenvalue weighted by Crippen LogP contribution is -2.07. The number of nitrogens with two attached hydrogens (primary N) is 1. The molecule has 0 saturated heterocycles. The molecular formula is C18H21NO4. The quantitative estimate of drug-likeness (QED) is 0.460. The Morgan fingerprint density at radius 1 is 1.09 bits per heavy atom. The van der Waals surface area contributed by atoms with E-state index in [0.29, 0.717) is 43.2 Å². The van der Waals surface area contributed by atoms with E-state index in [0.717, 1.165) is 5.56 Å². The summed E-state index contributed by atoms with van der Waals surface area (Å²) in [6.45, 7) is 0.708. The third kappa shape index (κ3) is 5.90. The SMILES string of the molecule is COc1cc(N)cc(OCCCC(=O)OCc2ccccc2)c1. The molecule has 2 rings (SSSR count). The minimum Gasteiger partial charge on any atom is -0.497 e. The average Bonchev–Trinajstić information content (AvgIpc) is 2.57. The third-order valence-electron chi connectivity index (χ3n) is 3.17. The van der Waals surface area contributed by atoms with Gasteiger partial charge in [-0.15, -0.1) is 0 Å². The summed E-state index contributed by atoms with van der Waals surface area (Å²) in [6.07, 6.45) is 0.886. The molecule has 2 aromatic carbocycles. The molecule has 122 valence electrons. The monoisotopic (exact) mass is 315 g/mol. The molecule has 0 unspecified atom stereocenters. The molecule has 0 spiro atoms. The lowest BCUT2D eigenvalue weighted by Gasteiger charge is -2.09. The Morgan fingerprint density at radius 2 is 1.83 bits per heavy atom. The van der Waals surface area contributed by atoms with Gasteiger partial charge in [0.2, 0.25) is 0 Å².